The van der Waals surface area contributed by atoms with Crippen molar-refractivity contribution in [3.8, 4) is 0 Å². The fourth-order valence-electron chi connectivity index (χ4n) is 1.74. The van der Waals surface area contributed by atoms with Crippen LogP contribution in [0.4, 0.5) is 13.2 Å². The second-order valence-corrected chi connectivity index (χ2v) is 5.95. The minimum atomic E-state index is -4.58. The number of rotatable bonds is 3. The first kappa shape index (κ1) is 15.0. The maximum absolute atomic E-state index is 12.8. The molecule has 0 amide bonds. The molecule has 2 N–H and O–H groups in total. The van der Waals surface area contributed by atoms with E-state index in [9.17, 15) is 18.0 Å². The van der Waals surface area contributed by atoms with Crippen LogP contribution in [0.2, 0.25) is 0 Å². The van der Waals surface area contributed by atoms with E-state index in [-0.39, 0.29) is 11.3 Å². The van der Waals surface area contributed by atoms with Gasteiger partial charge in [-0.3, -0.25) is 24.9 Å². The SMILES string of the molecule is Cn1[nH]c(C(F)(F)F)c(CSC2=CC(C)(C)ON2)c1=O. The summed E-state index contributed by atoms with van der Waals surface area (Å²) in [6, 6.07) is 0. The Morgan fingerprint density at radius 1 is 1.45 bits per heavy atom. The first-order chi connectivity index (χ1) is 9.10. The Hall–Kier alpha value is -1.35. The molecular formula is C11H14F3N3O2S. The van der Waals surface area contributed by atoms with Crippen molar-refractivity contribution in [2.45, 2.75) is 31.4 Å². The Balaban J connectivity index is 2.20. The van der Waals surface area contributed by atoms with Crippen LogP contribution < -0.4 is 11.0 Å². The van der Waals surface area contributed by atoms with E-state index in [1.165, 1.54) is 7.05 Å². The van der Waals surface area contributed by atoms with Gasteiger partial charge in [-0.2, -0.15) is 13.2 Å². The van der Waals surface area contributed by atoms with Gasteiger partial charge in [-0.05, 0) is 19.9 Å². The van der Waals surface area contributed by atoms with E-state index in [1.807, 2.05) is 18.9 Å². The van der Waals surface area contributed by atoms with Crippen molar-refractivity contribution >= 4 is 11.8 Å². The second kappa shape index (κ2) is 4.88. The summed E-state index contributed by atoms with van der Waals surface area (Å²) in [4.78, 5) is 16.9. The summed E-state index contributed by atoms with van der Waals surface area (Å²) in [5.74, 6) is -0.0940. The number of aryl methyl sites for hydroxylation is 1. The lowest BCUT2D eigenvalue weighted by atomic mass is 10.1. The van der Waals surface area contributed by atoms with Crippen molar-refractivity contribution in [3.63, 3.8) is 0 Å². The van der Waals surface area contributed by atoms with Crippen LogP contribution in [0.5, 0.6) is 0 Å². The largest absolute Gasteiger partial charge is 0.433 e. The molecule has 0 fully saturated rings. The van der Waals surface area contributed by atoms with Gasteiger partial charge in [-0.15, -0.1) is 11.8 Å². The van der Waals surface area contributed by atoms with Crippen molar-refractivity contribution in [3.05, 3.63) is 32.7 Å². The molecule has 0 aromatic carbocycles. The number of nitrogens with one attached hydrogen (secondary N) is 2. The topological polar surface area (TPSA) is 59.0 Å². The van der Waals surface area contributed by atoms with Gasteiger partial charge in [0.25, 0.3) is 5.56 Å². The molecule has 1 aromatic heterocycles. The Morgan fingerprint density at radius 3 is 2.60 bits per heavy atom. The molecule has 20 heavy (non-hydrogen) atoms. The Labute approximate surface area is 117 Å². The normalized spacial score (nSPS) is 18.0. The van der Waals surface area contributed by atoms with Gasteiger partial charge >= 0.3 is 6.18 Å². The van der Waals surface area contributed by atoms with Crippen molar-refractivity contribution in [2.75, 3.05) is 0 Å². The number of thioether (sulfide) groups is 1. The number of hydroxylamine groups is 1. The summed E-state index contributed by atoms with van der Waals surface area (Å²) in [7, 11) is 1.26. The quantitative estimate of drug-likeness (QED) is 0.898. The van der Waals surface area contributed by atoms with Crippen LogP contribution in [0.3, 0.4) is 0 Å². The van der Waals surface area contributed by atoms with Gasteiger partial charge in [0, 0.05) is 12.8 Å². The lowest BCUT2D eigenvalue weighted by Gasteiger charge is -2.11. The number of H-pyrrole nitrogens is 1. The van der Waals surface area contributed by atoms with Crippen LogP contribution in [0.25, 0.3) is 0 Å². The first-order valence-electron chi connectivity index (χ1n) is 5.75. The summed E-state index contributed by atoms with van der Waals surface area (Å²) in [6.07, 6.45) is -2.83. The number of aromatic nitrogens is 2. The lowest BCUT2D eigenvalue weighted by molar-refractivity contribution is -0.141. The molecule has 9 heteroatoms. The summed E-state index contributed by atoms with van der Waals surface area (Å²) in [6.45, 7) is 3.62. The standard InChI is InChI=1S/C11H14F3N3O2S/c1-10(2)4-7(16-19-10)20-5-6-8(11(12,13)14)15-17(3)9(6)18/h4,15-16H,5H2,1-3H3. The van der Waals surface area contributed by atoms with Gasteiger partial charge in [-0.1, -0.05) is 0 Å². The minimum absolute atomic E-state index is 0.0940. The first-order valence-corrected chi connectivity index (χ1v) is 6.73. The zero-order valence-corrected chi connectivity index (χ0v) is 11.9. The third kappa shape index (κ3) is 3.04. The monoisotopic (exact) mass is 309 g/mol. The summed E-state index contributed by atoms with van der Waals surface area (Å²) in [5, 5.41) is 2.63. The zero-order chi connectivity index (χ0) is 15.1. The molecule has 1 aromatic rings. The highest BCUT2D eigenvalue weighted by molar-refractivity contribution is 8.02. The van der Waals surface area contributed by atoms with E-state index in [2.05, 4.69) is 5.48 Å². The molecule has 2 rings (SSSR count). The molecule has 0 atom stereocenters. The number of hydrogen-bond acceptors (Lipinski definition) is 4. The van der Waals surface area contributed by atoms with Crippen LogP contribution in [0.1, 0.15) is 25.1 Å². The van der Waals surface area contributed by atoms with Crippen LogP contribution in [0.15, 0.2) is 15.9 Å². The third-order valence-electron chi connectivity index (χ3n) is 2.69. The molecule has 0 radical (unpaired) electrons. The lowest BCUT2D eigenvalue weighted by Crippen LogP contribution is -2.20. The summed E-state index contributed by atoms with van der Waals surface area (Å²) < 4.78 is 39.3. The minimum Gasteiger partial charge on any atom is -0.291 e. The van der Waals surface area contributed by atoms with Crippen molar-refractivity contribution in [2.24, 2.45) is 7.05 Å². The molecule has 0 saturated carbocycles. The van der Waals surface area contributed by atoms with Crippen molar-refractivity contribution in [1.82, 2.24) is 15.3 Å². The average molecular weight is 309 g/mol. The number of nitrogens with zero attached hydrogens (tertiary/aromatic N) is 1. The van der Waals surface area contributed by atoms with E-state index in [0.29, 0.717) is 5.03 Å². The fraction of sp³-hybridized carbons (Fsp3) is 0.545. The van der Waals surface area contributed by atoms with E-state index >= 15 is 0 Å². The van der Waals surface area contributed by atoms with Crippen LogP contribution in [-0.4, -0.2) is 15.4 Å². The zero-order valence-electron chi connectivity index (χ0n) is 11.1. The van der Waals surface area contributed by atoms with Gasteiger partial charge in [0.2, 0.25) is 0 Å². The van der Waals surface area contributed by atoms with E-state index in [1.54, 1.807) is 6.08 Å². The maximum atomic E-state index is 12.8. The predicted octanol–water partition coefficient (Wildman–Crippen LogP) is 2.12. The molecule has 5 nitrogen and oxygen atoms in total. The van der Waals surface area contributed by atoms with E-state index < -0.39 is 23.0 Å². The van der Waals surface area contributed by atoms with E-state index in [4.69, 9.17) is 4.84 Å². The Kier molecular flexibility index (Phi) is 3.67. The Bertz CT molecular complexity index is 601. The molecule has 0 unspecified atom stereocenters. The van der Waals surface area contributed by atoms with Gasteiger partial charge in [0.15, 0.2) is 0 Å². The molecule has 0 spiro atoms. The Morgan fingerprint density at radius 2 is 2.10 bits per heavy atom. The van der Waals surface area contributed by atoms with Crippen LogP contribution in [0, 0.1) is 0 Å². The average Bonchev–Trinajstić information content (AvgIpc) is 2.78. The molecule has 1 aliphatic rings. The highest BCUT2D eigenvalue weighted by Gasteiger charge is 2.37. The molecule has 112 valence electrons. The molecule has 0 saturated heterocycles. The predicted molar refractivity (Wildman–Crippen MR) is 68.7 cm³/mol. The highest BCUT2D eigenvalue weighted by atomic mass is 32.2. The van der Waals surface area contributed by atoms with Crippen molar-refractivity contribution < 1.29 is 18.0 Å². The van der Waals surface area contributed by atoms with Crippen LogP contribution >= 0.6 is 11.8 Å². The maximum Gasteiger partial charge on any atom is 0.433 e. The van der Waals surface area contributed by atoms with Gasteiger partial charge in [0.1, 0.15) is 11.3 Å². The van der Waals surface area contributed by atoms with Crippen LogP contribution in [-0.2, 0) is 23.8 Å². The highest BCUT2D eigenvalue weighted by Crippen LogP contribution is 2.33. The third-order valence-corrected chi connectivity index (χ3v) is 3.64. The number of halogens is 3. The van der Waals surface area contributed by atoms with Gasteiger partial charge in [-0.25, -0.2) is 0 Å². The number of alkyl halides is 3. The van der Waals surface area contributed by atoms with Gasteiger partial charge in [0.05, 0.1) is 10.6 Å². The molecular weight excluding hydrogens is 295 g/mol. The molecule has 0 bridgehead atoms. The van der Waals surface area contributed by atoms with Gasteiger partial charge < -0.3 is 0 Å². The number of aromatic amines is 1. The molecule has 2 heterocycles. The molecule has 1 aliphatic heterocycles. The number of hydrogen-bond donors (Lipinski definition) is 2. The summed E-state index contributed by atoms with van der Waals surface area (Å²) >= 11 is 1.09. The smallest absolute Gasteiger partial charge is 0.291 e. The van der Waals surface area contributed by atoms with Crippen molar-refractivity contribution in [1.29, 1.82) is 0 Å². The fourth-order valence-corrected chi connectivity index (χ4v) is 2.78. The second-order valence-electron chi connectivity index (χ2n) is 4.93. The molecule has 0 aliphatic carbocycles. The van der Waals surface area contributed by atoms with E-state index in [0.717, 1.165) is 16.4 Å². The summed E-state index contributed by atoms with van der Waals surface area (Å²) in [5.41, 5.74) is 0.135.